The van der Waals surface area contributed by atoms with E-state index in [1.165, 1.54) is 6.20 Å². The van der Waals surface area contributed by atoms with Crippen LogP contribution in [0, 0.1) is 0 Å². The maximum Gasteiger partial charge on any atom is 0.245 e. The molecule has 2 bridgehead atoms. The fourth-order valence-corrected chi connectivity index (χ4v) is 5.05. The molecule has 0 aliphatic carbocycles. The number of benzene rings is 1. The van der Waals surface area contributed by atoms with Crippen molar-refractivity contribution in [1.29, 1.82) is 0 Å². The standard InChI is InChI=1S/C22H25F2N7O/c1-21-9-16(19(24)22(2,29-21)10-18(21)23)30(3)20-26-11-15(27-28-20)14-5-4-13(8-17(14)32)31-7-6-25-12-31/h4-8,11-12,16,18-19,29,32H,9-10H2,1-3H3/t16-,18-,19+,21+,22+/m1/s1. The Kier molecular flexibility index (Phi) is 4.66. The molecule has 168 valence electrons. The van der Waals surface area contributed by atoms with Crippen molar-refractivity contribution in [2.24, 2.45) is 0 Å². The van der Waals surface area contributed by atoms with Crippen molar-refractivity contribution in [3.63, 3.8) is 0 Å². The Morgan fingerprint density at radius 1 is 1.19 bits per heavy atom. The van der Waals surface area contributed by atoms with E-state index in [1.54, 1.807) is 61.2 Å². The van der Waals surface area contributed by atoms with Crippen molar-refractivity contribution < 1.29 is 13.9 Å². The minimum atomic E-state index is -1.29. The molecule has 1 aromatic carbocycles. The van der Waals surface area contributed by atoms with E-state index in [4.69, 9.17) is 0 Å². The number of hydrogen-bond donors (Lipinski definition) is 2. The Bertz CT molecular complexity index is 1130. The number of hydrogen-bond acceptors (Lipinski definition) is 7. The monoisotopic (exact) mass is 441 g/mol. The first-order chi connectivity index (χ1) is 15.2. The minimum Gasteiger partial charge on any atom is -0.507 e. The van der Waals surface area contributed by atoms with E-state index in [9.17, 15) is 9.50 Å². The van der Waals surface area contributed by atoms with E-state index in [-0.39, 0.29) is 18.1 Å². The van der Waals surface area contributed by atoms with Gasteiger partial charge < -0.3 is 19.9 Å². The number of aromatic nitrogens is 5. The Morgan fingerprint density at radius 3 is 2.66 bits per heavy atom. The van der Waals surface area contributed by atoms with Crippen LogP contribution in [0.1, 0.15) is 26.7 Å². The molecule has 0 spiro atoms. The van der Waals surface area contributed by atoms with Gasteiger partial charge in [0.1, 0.15) is 23.8 Å². The number of halogens is 2. The number of aromatic hydroxyl groups is 1. The van der Waals surface area contributed by atoms with Crippen molar-refractivity contribution >= 4 is 5.95 Å². The van der Waals surface area contributed by atoms with E-state index in [2.05, 4.69) is 25.5 Å². The SMILES string of the molecule is CN(c1ncc(-c2ccc(-n3ccnc3)cc2O)nn1)[C@@H]1C[C@]2(C)N[C@@](C)(C[C@H]2F)[C@H]1F. The molecule has 4 heterocycles. The lowest BCUT2D eigenvalue weighted by molar-refractivity contribution is 0.0794. The maximum atomic E-state index is 15.4. The molecule has 0 amide bonds. The molecule has 2 aromatic heterocycles. The van der Waals surface area contributed by atoms with Crippen LogP contribution in [0.4, 0.5) is 14.7 Å². The van der Waals surface area contributed by atoms with Gasteiger partial charge in [-0.2, -0.15) is 0 Å². The van der Waals surface area contributed by atoms with Crippen LogP contribution in [0.2, 0.25) is 0 Å². The van der Waals surface area contributed by atoms with E-state index in [0.29, 0.717) is 17.7 Å². The molecule has 0 radical (unpaired) electrons. The quantitative estimate of drug-likeness (QED) is 0.643. The summed E-state index contributed by atoms with van der Waals surface area (Å²) in [6.45, 7) is 3.53. The molecule has 32 heavy (non-hydrogen) atoms. The fraction of sp³-hybridized carbons (Fsp3) is 0.455. The molecule has 8 nitrogen and oxygen atoms in total. The van der Waals surface area contributed by atoms with Gasteiger partial charge >= 0.3 is 0 Å². The lowest BCUT2D eigenvalue weighted by Gasteiger charge is -2.47. The zero-order valence-corrected chi connectivity index (χ0v) is 18.1. The van der Waals surface area contributed by atoms with Gasteiger partial charge in [0.15, 0.2) is 0 Å². The third kappa shape index (κ3) is 3.21. The summed E-state index contributed by atoms with van der Waals surface area (Å²) in [5, 5.41) is 22.0. The summed E-state index contributed by atoms with van der Waals surface area (Å²) in [5.41, 5.74) is -0.0921. The van der Waals surface area contributed by atoms with Crippen molar-refractivity contribution in [2.45, 2.75) is 56.2 Å². The number of phenolic OH excluding ortho intramolecular Hbond substituents is 1. The van der Waals surface area contributed by atoms with Crippen molar-refractivity contribution in [2.75, 3.05) is 11.9 Å². The van der Waals surface area contributed by atoms with Gasteiger partial charge in [0, 0.05) is 43.0 Å². The second kappa shape index (κ2) is 7.19. The van der Waals surface area contributed by atoms with E-state index >= 15 is 4.39 Å². The molecule has 2 saturated heterocycles. The molecular formula is C22H25F2N7O. The van der Waals surface area contributed by atoms with E-state index in [0.717, 1.165) is 5.69 Å². The number of fused-ring (bicyclic) bond motifs is 2. The smallest absolute Gasteiger partial charge is 0.245 e. The lowest BCUT2D eigenvalue weighted by atomic mass is 9.82. The van der Waals surface area contributed by atoms with Crippen LogP contribution in [-0.4, -0.2) is 66.3 Å². The molecule has 2 fully saturated rings. The summed E-state index contributed by atoms with van der Waals surface area (Å²) in [6.07, 6.45) is 4.59. The molecule has 2 aliphatic heterocycles. The number of imidazole rings is 1. The third-order valence-corrected chi connectivity index (χ3v) is 6.87. The van der Waals surface area contributed by atoms with E-state index < -0.39 is 29.5 Å². The number of anilines is 1. The molecule has 5 rings (SSSR count). The summed E-state index contributed by atoms with van der Waals surface area (Å²) in [5.74, 6) is 0.279. The Hall–Kier alpha value is -3.14. The predicted octanol–water partition coefficient (Wildman–Crippen LogP) is 2.83. The molecule has 2 aliphatic rings. The van der Waals surface area contributed by atoms with Gasteiger partial charge in [-0.25, -0.2) is 18.7 Å². The van der Waals surface area contributed by atoms with Crippen LogP contribution in [0.15, 0.2) is 43.1 Å². The molecule has 3 aromatic rings. The van der Waals surface area contributed by atoms with Gasteiger partial charge in [0.25, 0.3) is 0 Å². The van der Waals surface area contributed by atoms with Gasteiger partial charge in [-0.05, 0) is 32.4 Å². The number of nitrogens with zero attached hydrogens (tertiary/aromatic N) is 6. The molecule has 5 atom stereocenters. The van der Waals surface area contributed by atoms with Crippen LogP contribution in [0.3, 0.4) is 0 Å². The van der Waals surface area contributed by atoms with E-state index in [1.807, 2.05) is 6.07 Å². The summed E-state index contributed by atoms with van der Waals surface area (Å²) in [4.78, 5) is 9.99. The Labute approximate surface area is 184 Å². The topological polar surface area (TPSA) is 92.0 Å². The molecule has 0 unspecified atom stereocenters. The lowest BCUT2D eigenvalue weighted by Crippen LogP contribution is -2.66. The molecule has 0 saturated carbocycles. The number of phenols is 1. The van der Waals surface area contributed by atoms with Crippen LogP contribution in [-0.2, 0) is 0 Å². The van der Waals surface area contributed by atoms with Gasteiger partial charge in [0.05, 0.1) is 29.8 Å². The van der Waals surface area contributed by atoms with Crippen LogP contribution < -0.4 is 10.2 Å². The minimum absolute atomic E-state index is 0.0296. The average Bonchev–Trinajstić information content (AvgIpc) is 3.37. The Balaban J connectivity index is 1.38. The van der Waals surface area contributed by atoms with Crippen LogP contribution >= 0.6 is 0 Å². The summed E-state index contributed by atoms with van der Waals surface area (Å²) in [6, 6.07) is 4.57. The summed E-state index contributed by atoms with van der Waals surface area (Å²) in [7, 11) is 1.70. The highest BCUT2D eigenvalue weighted by Crippen LogP contribution is 2.46. The normalized spacial score (nSPS) is 31.6. The molecule has 10 heteroatoms. The van der Waals surface area contributed by atoms with Gasteiger partial charge in [-0.3, -0.25) is 0 Å². The zero-order valence-electron chi connectivity index (χ0n) is 18.1. The van der Waals surface area contributed by atoms with Crippen LogP contribution in [0.5, 0.6) is 5.75 Å². The van der Waals surface area contributed by atoms with Crippen LogP contribution in [0.25, 0.3) is 16.9 Å². The highest BCUT2D eigenvalue weighted by atomic mass is 19.1. The first-order valence-corrected chi connectivity index (χ1v) is 10.5. The first-order valence-electron chi connectivity index (χ1n) is 10.5. The fourth-order valence-electron chi connectivity index (χ4n) is 5.05. The average molecular weight is 441 g/mol. The number of nitrogens with one attached hydrogen (secondary N) is 1. The van der Waals surface area contributed by atoms with Gasteiger partial charge in [0.2, 0.25) is 5.95 Å². The highest BCUT2D eigenvalue weighted by molar-refractivity contribution is 5.68. The van der Waals surface area contributed by atoms with Gasteiger partial charge in [-0.1, -0.05) is 0 Å². The van der Waals surface area contributed by atoms with Gasteiger partial charge in [-0.15, -0.1) is 10.2 Å². The summed E-state index contributed by atoms with van der Waals surface area (Å²) >= 11 is 0. The number of rotatable bonds is 4. The molecule has 2 N–H and O–H groups in total. The third-order valence-electron chi connectivity index (χ3n) is 6.87. The van der Waals surface area contributed by atoms with Crippen molar-refractivity contribution in [3.05, 3.63) is 43.1 Å². The zero-order chi connectivity index (χ0) is 22.7. The highest BCUT2D eigenvalue weighted by Gasteiger charge is 2.61. The first kappa shape index (κ1) is 20.7. The van der Waals surface area contributed by atoms with Crippen molar-refractivity contribution in [3.8, 4) is 22.7 Å². The second-order valence-electron chi connectivity index (χ2n) is 9.23. The predicted molar refractivity (Wildman–Crippen MR) is 115 cm³/mol. The summed E-state index contributed by atoms with van der Waals surface area (Å²) < 4.78 is 31.7. The second-order valence-corrected chi connectivity index (χ2v) is 9.23. The Morgan fingerprint density at radius 2 is 2.00 bits per heavy atom. The number of alkyl halides is 2. The largest absolute Gasteiger partial charge is 0.507 e. The van der Waals surface area contributed by atoms with Crippen molar-refractivity contribution in [1.82, 2.24) is 30.0 Å². The number of piperidine rings is 1. The maximum absolute atomic E-state index is 15.4. The molecular weight excluding hydrogens is 416 g/mol.